The summed E-state index contributed by atoms with van der Waals surface area (Å²) in [7, 11) is 0. The van der Waals surface area contributed by atoms with E-state index < -0.39 is 12.0 Å². The molecule has 224 valence electrons. The Morgan fingerprint density at radius 1 is 0.650 bits per heavy atom. The van der Waals surface area contributed by atoms with Gasteiger partial charge in [-0.3, -0.25) is 0 Å². The third kappa shape index (κ3) is 23.9. The first-order chi connectivity index (χ1) is 17.8. The van der Waals surface area contributed by atoms with E-state index in [4.69, 9.17) is 66.5 Å². The van der Waals surface area contributed by atoms with Gasteiger partial charge in [0.15, 0.2) is 0 Å². The minimum absolute atomic E-state index is 0. The standard InChI is InChI=1S/2C10H9.2C4H8Cl3Si.2ClH.Si.Zr/c2*1-8-6-9-4-2-3-5-10(9)7-8;2*1-2-3-4-8(5,6)7;;;;/h2*2-7H,1H3;2*1-4H2;2*1H;;/q4*-1;;;;. The van der Waals surface area contributed by atoms with Crippen molar-refractivity contribution in [1.82, 2.24) is 0 Å². The van der Waals surface area contributed by atoms with Crippen molar-refractivity contribution in [3.8, 4) is 0 Å². The van der Waals surface area contributed by atoms with Crippen LogP contribution in [0.5, 0.6) is 0 Å². The van der Waals surface area contributed by atoms with E-state index in [0.717, 1.165) is 37.8 Å². The topological polar surface area (TPSA) is 0 Å². The second-order valence-electron chi connectivity index (χ2n) is 8.47. The molecule has 0 saturated heterocycles. The summed E-state index contributed by atoms with van der Waals surface area (Å²) in [6, 6.07) is 22.5. The van der Waals surface area contributed by atoms with Crippen LogP contribution in [0, 0.1) is 27.7 Å². The van der Waals surface area contributed by atoms with E-state index in [2.05, 4.69) is 107 Å². The molecule has 4 aromatic carbocycles. The third-order valence-electron chi connectivity index (χ3n) is 4.95. The maximum atomic E-state index is 5.55. The predicted octanol–water partition coefficient (Wildman–Crippen LogP) is 12.7. The molecule has 0 atom stereocenters. The number of hydrogen-bond donors (Lipinski definition) is 0. The van der Waals surface area contributed by atoms with Crippen LogP contribution >= 0.6 is 91.3 Å². The molecule has 0 aliphatic heterocycles. The van der Waals surface area contributed by atoms with Crippen molar-refractivity contribution in [2.24, 2.45) is 0 Å². The van der Waals surface area contributed by atoms with E-state index in [9.17, 15) is 0 Å². The van der Waals surface area contributed by atoms with Crippen molar-refractivity contribution in [3.63, 3.8) is 0 Å². The Hall–Kier alpha value is 1.51. The molecule has 12 heteroatoms. The summed E-state index contributed by atoms with van der Waals surface area (Å²) in [6.45, 7) is 14.6. The Bertz CT molecular complexity index is 998. The average Bonchev–Trinajstić information content (AvgIpc) is 3.43. The van der Waals surface area contributed by atoms with E-state index in [-0.39, 0.29) is 24.8 Å². The Balaban J connectivity index is -0.000000443. The molecule has 0 bridgehead atoms. The van der Waals surface area contributed by atoms with Gasteiger partial charge in [-0.1, -0.05) is 38.8 Å². The van der Waals surface area contributed by atoms with Crippen molar-refractivity contribution >= 4 is 132 Å². The quantitative estimate of drug-likeness (QED) is 0.103. The molecule has 0 N–H and O–H groups in total. The van der Waals surface area contributed by atoms with E-state index in [1.165, 1.54) is 56.0 Å². The van der Waals surface area contributed by atoms with Gasteiger partial charge in [-0.05, 0) is 12.1 Å². The zero-order valence-corrected chi connectivity index (χ0v) is 34.3. The first-order valence-corrected chi connectivity index (χ1v) is 26.7. The van der Waals surface area contributed by atoms with Gasteiger partial charge in [-0.2, -0.15) is 25.0 Å². The fraction of sp³-hybridized carbons (Fsp3) is 0.286. The van der Waals surface area contributed by atoms with E-state index in [1.54, 1.807) is 0 Å². The van der Waals surface area contributed by atoms with Crippen LogP contribution in [-0.4, -0.2) is 18.9 Å². The molecule has 40 heavy (non-hydrogen) atoms. The molecule has 0 spiro atoms. The number of aryl methyl sites for hydroxylation is 2. The van der Waals surface area contributed by atoms with Crippen LogP contribution in [0.1, 0.15) is 36.8 Å². The summed E-state index contributed by atoms with van der Waals surface area (Å²) in [4.78, 5) is 0. The SMILES string of the molecule is Cc1cc2ccccc2[cH-]1.Cc1cc2ccccc2[cH-]1.Cl.Cl.[CH2-]CCC[Si](Cl)(Cl)Cl.[CH2-]CCC[Si](Cl)(Cl)Cl.[Si]=[Zr]. The van der Waals surface area contributed by atoms with Gasteiger partial charge in [0, 0.05) is 0 Å². The Kier molecular flexibility index (Phi) is 29.6. The molecule has 0 aromatic heterocycles. The molecular weight excluding hydrogens is 795 g/mol. The van der Waals surface area contributed by atoms with Crippen LogP contribution in [0.4, 0.5) is 0 Å². The van der Waals surface area contributed by atoms with Crippen LogP contribution < -0.4 is 0 Å². The summed E-state index contributed by atoms with van der Waals surface area (Å²) < 4.78 is 0. The summed E-state index contributed by atoms with van der Waals surface area (Å²) in [5.41, 5.74) is 2.70. The first-order valence-electron chi connectivity index (χ1n) is 12.1. The maximum absolute atomic E-state index is 5.55. The molecule has 0 nitrogen and oxygen atoms in total. The monoisotopic (exact) mass is 826 g/mol. The molecule has 4 aromatic rings. The van der Waals surface area contributed by atoms with Gasteiger partial charge < -0.3 is 13.8 Å². The fourth-order valence-electron chi connectivity index (χ4n) is 3.26. The Labute approximate surface area is 301 Å². The molecule has 0 fully saturated rings. The van der Waals surface area contributed by atoms with Gasteiger partial charge in [0.2, 0.25) is 0 Å². The van der Waals surface area contributed by atoms with E-state index in [0.29, 0.717) is 0 Å². The number of hydrogen-bond acceptors (Lipinski definition) is 0. The van der Waals surface area contributed by atoms with Gasteiger partial charge >= 0.3 is 42.2 Å². The molecule has 0 saturated carbocycles. The van der Waals surface area contributed by atoms with Crippen LogP contribution in [0.15, 0.2) is 72.8 Å². The molecule has 0 amide bonds. The number of halogens is 8. The number of unbranched alkanes of at least 4 members (excludes halogenated alkanes) is 2. The van der Waals surface area contributed by atoms with Gasteiger partial charge in [-0.15, -0.1) is 172 Å². The van der Waals surface area contributed by atoms with Gasteiger partial charge in [0.25, 0.3) is 0 Å². The zero-order valence-electron chi connectivity index (χ0n) is 22.7. The molecule has 4 rings (SSSR count). The molecular formula is C28H36Cl8Si3Zr-4. The van der Waals surface area contributed by atoms with Gasteiger partial charge in [0.1, 0.15) is 0 Å². The number of rotatable bonds is 6. The van der Waals surface area contributed by atoms with Crippen LogP contribution in [-0.2, 0) is 23.3 Å². The fourth-order valence-corrected chi connectivity index (χ4v) is 6.97. The first kappa shape index (κ1) is 45.9. The predicted molar refractivity (Wildman–Crippen MR) is 194 cm³/mol. The molecule has 0 unspecified atom stereocenters. The third-order valence-corrected chi connectivity index (χ3v) is 10.2. The van der Waals surface area contributed by atoms with Crippen LogP contribution in [0.3, 0.4) is 0 Å². The summed E-state index contributed by atoms with van der Waals surface area (Å²) in [6.07, 6.45) is 3.59. The molecule has 0 aliphatic carbocycles. The minimum atomic E-state index is -2.30. The van der Waals surface area contributed by atoms with Gasteiger partial charge in [0.05, 0.1) is 0 Å². The zero-order chi connectivity index (χ0) is 29.2. The molecule has 0 aliphatic rings. The summed E-state index contributed by atoms with van der Waals surface area (Å²) >= 11 is 34.7. The van der Waals surface area contributed by atoms with Crippen LogP contribution in [0.2, 0.25) is 12.1 Å². The summed E-state index contributed by atoms with van der Waals surface area (Å²) in [5, 5.41) is 5.39. The average molecular weight is 832 g/mol. The van der Waals surface area contributed by atoms with Crippen molar-refractivity contribution < 1.29 is 23.3 Å². The van der Waals surface area contributed by atoms with Crippen molar-refractivity contribution in [2.45, 2.75) is 51.6 Å². The summed E-state index contributed by atoms with van der Waals surface area (Å²) in [5.74, 6) is 0. The molecule has 0 heterocycles. The van der Waals surface area contributed by atoms with E-state index >= 15 is 0 Å². The second kappa shape index (κ2) is 25.8. The number of benzene rings is 2. The Morgan fingerprint density at radius 3 is 1.18 bits per heavy atom. The van der Waals surface area contributed by atoms with E-state index in [1.807, 2.05) is 0 Å². The van der Waals surface area contributed by atoms with Crippen molar-refractivity contribution in [2.75, 3.05) is 0 Å². The van der Waals surface area contributed by atoms with Crippen molar-refractivity contribution in [1.29, 1.82) is 0 Å². The van der Waals surface area contributed by atoms with Crippen molar-refractivity contribution in [3.05, 3.63) is 97.8 Å². The normalized spacial score (nSPS) is 10.1. The second-order valence-corrected chi connectivity index (χ2v) is 27.0. The van der Waals surface area contributed by atoms with Crippen LogP contribution in [0.25, 0.3) is 21.5 Å². The number of fused-ring (bicyclic) bond motifs is 2. The van der Waals surface area contributed by atoms with Gasteiger partial charge in [-0.25, -0.2) is 0 Å². The Morgan fingerprint density at radius 2 is 0.950 bits per heavy atom. The molecule has 2 radical (unpaired) electrons.